The quantitative estimate of drug-likeness (QED) is 0.673. The van der Waals surface area contributed by atoms with Crippen molar-refractivity contribution in [3.63, 3.8) is 0 Å². The first kappa shape index (κ1) is 18.0. The average Bonchev–Trinajstić information content (AvgIpc) is 2.78. The van der Waals surface area contributed by atoms with Gasteiger partial charge < -0.3 is 10.2 Å². The minimum atomic E-state index is -4.83. The van der Waals surface area contributed by atoms with E-state index in [0.29, 0.717) is 12.6 Å². The van der Waals surface area contributed by atoms with Gasteiger partial charge in [0.05, 0.1) is 11.0 Å². The van der Waals surface area contributed by atoms with Gasteiger partial charge in [0.1, 0.15) is 5.56 Å². The number of carbonyl (C=O) groups is 1. The lowest BCUT2D eigenvalue weighted by Gasteiger charge is -2.32. The Bertz CT molecular complexity index is 668. The number of likely N-dealkylation sites (tertiary alicyclic amines) is 1. The number of halogens is 3. The second-order valence-corrected chi connectivity index (χ2v) is 6.71. The van der Waals surface area contributed by atoms with Gasteiger partial charge in [-0.3, -0.25) is 14.9 Å². The Morgan fingerprint density at radius 2 is 1.92 bits per heavy atom. The maximum absolute atomic E-state index is 13.0. The summed E-state index contributed by atoms with van der Waals surface area (Å²) in [5.41, 5.74) is -2.58. The van der Waals surface area contributed by atoms with Crippen LogP contribution < -0.4 is 5.32 Å². The molecule has 1 unspecified atom stereocenters. The minimum absolute atomic E-state index is 0.0852. The Balaban J connectivity index is 2.23. The predicted molar refractivity (Wildman–Crippen MR) is 81.6 cm³/mol. The predicted octanol–water partition coefficient (Wildman–Crippen LogP) is 3.42. The number of hydrogen-bond donors (Lipinski definition) is 1. The second kappa shape index (κ2) is 5.95. The molecule has 2 rings (SSSR count). The van der Waals surface area contributed by atoms with E-state index in [9.17, 15) is 28.1 Å². The number of amides is 1. The number of nitro benzene ring substituents is 1. The van der Waals surface area contributed by atoms with Crippen LogP contribution in [-0.2, 0) is 11.0 Å². The molecule has 24 heavy (non-hydrogen) atoms. The van der Waals surface area contributed by atoms with Crippen LogP contribution in [0.1, 0.15) is 32.8 Å². The first-order chi connectivity index (χ1) is 10.9. The lowest BCUT2D eigenvalue weighted by molar-refractivity contribution is -0.388. The second-order valence-electron chi connectivity index (χ2n) is 6.71. The van der Waals surface area contributed by atoms with Crippen LogP contribution in [-0.4, -0.2) is 33.9 Å². The van der Waals surface area contributed by atoms with Gasteiger partial charge in [-0.1, -0.05) is 0 Å². The molecule has 1 heterocycles. The highest BCUT2D eigenvalue weighted by Gasteiger charge is 2.39. The van der Waals surface area contributed by atoms with Crippen LogP contribution in [0.2, 0.25) is 0 Å². The van der Waals surface area contributed by atoms with E-state index < -0.39 is 22.4 Å². The zero-order valence-corrected chi connectivity index (χ0v) is 13.5. The molecule has 1 aliphatic heterocycles. The highest BCUT2D eigenvalue weighted by molar-refractivity contribution is 5.80. The molecule has 1 saturated heterocycles. The molecule has 1 N–H and O–H groups in total. The van der Waals surface area contributed by atoms with Gasteiger partial charge >= 0.3 is 6.18 Å². The van der Waals surface area contributed by atoms with Crippen LogP contribution in [0, 0.1) is 10.1 Å². The number of rotatable bonds is 3. The standard InChI is InChI=1S/C15H18F3N3O3/c1-14(2,3)20-8-10(7-13(20)22)19-9-4-5-12(21(23)24)11(6-9)15(16,17)18/h4-6,10,19H,7-8H2,1-3H3. The molecule has 0 aliphatic carbocycles. The van der Waals surface area contributed by atoms with Crippen molar-refractivity contribution in [3.05, 3.63) is 33.9 Å². The Kier molecular flexibility index (Phi) is 4.47. The molecule has 1 aliphatic rings. The molecule has 9 heteroatoms. The third kappa shape index (κ3) is 3.77. The maximum atomic E-state index is 13.0. The molecule has 0 bridgehead atoms. The summed E-state index contributed by atoms with van der Waals surface area (Å²) >= 11 is 0. The van der Waals surface area contributed by atoms with Crippen molar-refractivity contribution in [2.45, 2.75) is 44.9 Å². The van der Waals surface area contributed by atoms with Crippen LogP contribution in [0.5, 0.6) is 0 Å². The number of nitrogens with one attached hydrogen (secondary N) is 1. The first-order valence-corrected chi connectivity index (χ1v) is 7.32. The lowest BCUT2D eigenvalue weighted by Crippen LogP contribution is -2.43. The van der Waals surface area contributed by atoms with E-state index in [1.165, 1.54) is 6.07 Å². The van der Waals surface area contributed by atoms with Crippen LogP contribution in [0.15, 0.2) is 18.2 Å². The molecule has 132 valence electrons. The van der Waals surface area contributed by atoms with Gasteiger partial charge in [-0.05, 0) is 32.9 Å². The van der Waals surface area contributed by atoms with Crippen LogP contribution in [0.4, 0.5) is 24.5 Å². The fourth-order valence-corrected chi connectivity index (χ4v) is 2.70. The Morgan fingerprint density at radius 1 is 1.29 bits per heavy atom. The van der Waals surface area contributed by atoms with Crippen LogP contribution in [0.25, 0.3) is 0 Å². The Labute approximate surface area is 136 Å². The third-order valence-electron chi connectivity index (χ3n) is 3.80. The van der Waals surface area contributed by atoms with Crippen molar-refractivity contribution in [1.29, 1.82) is 0 Å². The van der Waals surface area contributed by atoms with Crippen molar-refractivity contribution in [2.75, 3.05) is 11.9 Å². The van der Waals surface area contributed by atoms with Crippen molar-refractivity contribution in [2.24, 2.45) is 0 Å². The van der Waals surface area contributed by atoms with Crippen molar-refractivity contribution in [3.8, 4) is 0 Å². The summed E-state index contributed by atoms with van der Waals surface area (Å²) in [7, 11) is 0. The summed E-state index contributed by atoms with van der Waals surface area (Å²) in [5, 5.41) is 13.6. The summed E-state index contributed by atoms with van der Waals surface area (Å²) in [6.45, 7) is 5.99. The van der Waals surface area contributed by atoms with Gasteiger partial charge in [-0.25, -0.2) is 0 Å². The molecular formula is C15H18F3N3O3. The molecule has 1 fully saturated rings. The van der Waals surface area contributed by atoms with E-state index in [4.69, 9.17) is 0 Å². The zero-order valence-electron chi connectivity index (χ0n) is 13.5. The highest BCUT2D eigenvalue weighted by atomic mass is 19.4. The van der Waals surface area contributed by atoms with Gasteiger partial charge in [0.15, 0.2) is 0 Å². The molecular weight excluding hydrogens is 327 g/mol. The minimum Gasteiger partial charge on any atom is -0.380 e. The van der Waals surface area contributed by atoms with E-state index in [-0.39, 0.29) is 29.6 Å². The topological polar surface area (TPSA) is 75.5 Å². The number of nitro groups is 1. The molecule has 0 saturated carbocycles. The van der Waals surface area contributed by atoms with E-state index in [1.54, 1.807) is 4.90 Å². The summed E-state index contributed by atoms with van der Waals surface area (Å²) in [6.07, 6.45) is -4.67. The Morgan fingerprint density at radius 3 is 2.38 bits per heavy atom. The number of benzene rings is 1. The number of carbonyl (C=O) groups excluding carboxylic acids is 1. The normalized spacial score (nSPS) is 18.8. The molecule has 1 aromatic carbocycles. The van der Waals surface area contributed by atoms with E-state index in [0.717, 1.165) is 6.07 Å². The van der Waals surface area contributed by atoms with Crippen molar-refractivity contribution < 1.29 is 22.9 Å². The van der Waals surface area contributed by atoms with Gasteiger partial charge in [-0.2, -0.15) is 13.2 Å². The van der Waals surface area contributed by atoms with Gasteiger partial charge in [0.25, 0.3) is 5.69 Å². The monoisotopic (exact) mass is 345 g/mol. The largest absolute Gasteiger partial charge is 0.423 e. The molecule has 0 aromatic heterocycles. The first-order valence-electron chi connectivity index (χ1n) is 7.32. The smallest absolute Gasteiger partial charge is 0.380 e. The fourth-order valence-electron chi connectivity index (χ4n) is 2.70. The van der Waals surface area contributed by atoms with E-state index in [2.05, 4.69) is 5.32 Å². The molecule has 0 spiro atoms. The summed E-state index contributed by atoms with van der Waals surface area (Å²) in [5.74, 6) is -0.0852. The van der Waals surface area contributed by atoms with Gasteiger partial charge in [0, 0.05) is 30.3 Å². The molecule has 6 nitrogen and oxygen atoms in total. The van der Waals surface area contributed by atoms with Crippen molar-refractivity contribution >= 4 is 17.3 Å². The van der Waals surface area contributed by atoms with Crippen molar-refractivity contribution in [1.82, 2.24) is 4.90 Å². The summed E-state index contributed by atoms with van der Waals surface area (Å²) in [4.78, 5) is 23.4. The number of anilines is 1. The lowest BCUT2D eigenvalue weighted by atomic mass is 10.1. The maximum Gasteiger partial charge on any atom is 0.423 e. The van der Waals surface area contributed by atoms with Gasteiger partial charge in [0.2, 0.25) is 5.91 Å². The zero-order chi connectivity index (χ0) is 18.3. The van der Waals surface area contributed by atoms with Crippen LogP contribution in [0.3, 0.4) is 0 Å². The number of alkyl halides is 3. The third-order valence-corrected chi connectivity index (χ3v) is 3.80. The fraction of sp³-hybridized carbons (Fsp3) is 0.533. The molecule has 0 radical (unpaired) electrons. The highest BCUT2D eigenvalue weighted by Crippen LogP contribution is 2.38. The number of nitrogens with zero attached hydrogens (tertiary/aromatic N) is 2. The number of hydrogen-bond acceptors (Lipinski definition) is 4. The summed E-state index contributed by atoms with van der Waals surface area (Å²) in [6, 6.07) is 2.41. The van der Waals surface area contributed by atoms with Gasteiger partial charge in [-0.15, -0.1) is 0 Å². The molecule has 1 aromatic rings. The molecule has 1 amide bonds. The van der Waals surface area contributed by atoms with E-state index >= 15 is 0 Å². The molecule has 1 atom stereocenters. The summed E-state index contributed by atoms with van der Waals surface area (Å²) < 4.78 is 39.0. The Hall–Kier alpha value is -2.32. The average molecular weight is 345 g/mol. The SMILES string of the molecule is CC(C)(C)N1CC(Nc2ccc([N+](=O)[O-])c(C(F)(F)F)c2)CC1=O. The van der Waals surface area contributed by atoms with Crippen LogP contribution >= 0.6 is 0 Å². The van der Waals surface area contributed by atoms with E-state index in [1.807, 2.05) is 20.8 Å².